The van der Waals surface area contributed by atoms with Gasteiger partial charge in [0.2, 0.25) is 5.95 Å². The molecule has 2 heterocycles. The Labute approximate surface area is 191 Å². The number of carbonyl (C=O) groups is 1. The van der Waals surface area contributed by atoms with Crippen LogP contribution < -0.4 is 10.5 Å². The monoisotopic (exact) mass is 477 g/mol. The number of pyridine rings is 1. The number of carboxylic acid groups (broad SMARTS) is 1. The lowest BCUT2D eigenvalue weighted by molar-refractivity contribution is -0.138. The molecule has 3 N–H and O–H groups in total. The van der Waals surface area contributed by atoms with Crippen molar-refractivity contribution >= 4 is 12.5 Å². The Morgan fingerprint density at radius 2 is 1.85 bits per heavy atom. The average Bonchev–Trinajstić information content (AvgIpc) is 3.22. The fourth-order valence-corrected chi connectivity index (χ4v) is 3.63. The first-order valence-electron chi connectivity index (χ1n) is 9.69. The molecular weight excluding hydrogens is 458 g/mol. The van der Waals surface area contributed by atoms with Crippen LogP contribution in [0.3, 0.4) is 0 Å². The van der Waals surface area contributed by atoms with Gasteiger partial charge in [-0.3, -0.25) is 4.79 Å². The number of aliphatic imine (C=N–C) groups is 1. The number of methoxy groups -OCH3 is 1. The summed E-state index contributed by atoms with van der Waals surface area (Å²) >= 11 is 0. The largest absolute Gasteiger partial charge is 0.496 e. The summed E-state index contributed by atoms with van der Waals surface area (Å²) in [5.74, 6) is -0.975. The molecule has 1 atom stereocenters. The zero-order chi connectivity index (χ0) is 24.9. The van der Waals surface area contributed by atoms with Crippen LogP contribution in [0.1, 0.15) is 16.7 Å². The molecule has 7 nitrogen and oxygen atoms in total. The van der Waals surface area contributed by atoms with Gasteiger partial charge in [0.05, 0.1) is 12.7 Å². The van der Waals surface area contributed by atoms with Crippen molar-refractivity contribution in [1.82, 2.24) is 4.98 Å². The van der Waals surface area contributed by atoms with E-state index in [0.717, 1.165) is 6.07 Å². The van der Waals surface area contributed by atoms with Gasteiger partial charge in [0.15, 0.2) is 5.54 Å². The van der Waals surface area contributed by atoms with Crippen LogP contribution in [-0.4, -0.2) is 36.3 Å². The van der Waals surface area contributed by atoms with E-state index in [9.17, 15) is 17.6 Å². The highest BCUT2D eigenvalue weighted by molar-refractivity contribution is 5.76. The molecule has 0 saturated carbocycles. The van der Waals surface area contributed by atoms with Gasteiger partial charge in [0.1, 0.15) is 12.4 Å². The maximum Gasteiger partial charge on any atom is 0.419 e. The quantitative estimate of drug-likeness (QED) is 0.331. The van der Waals surface area contributed by atoms with Crippen LogP contribution in [0.4, 0.5) is 17.6 Å². The molecule has 178 valence electrons. The lowest BCUT2D eigenvalue weighted by Gasteiger charge is -2.27. The number of nitrogens with two attached hydrogens (primary N) is 1. The standard InChI is InChI=1S/C22H17F4N3O2.CH2O2/c1-30-18-8-7-15(11-17(18)22(24,25)26)21(12-31-20(27)29-21)14-5-2-4-13(10-14)16-6-3-9-28-19(16)23;2-1-3/h2-11H,12H2,1H3,(H2,27,29);1H,(H,2,3). The summed E-state index contributed by atoms with van der Waals surface area (Å²) in [6.45, 7) is -0.360. The zero-order valence-electron chi connectivity index (χ0n) is 17.7. The van der Waals surface area contributed by atoms with Gasteiger partial charge in [-0.2, -0.15) is 17.6 Å². The lowest BCUT2D eigenvalue weighted by Crippen LogP contribution is -2.28. The fourth-order valence-electron chi connectivity index (χ4n) is 3.63. The van der Waals surface area contributed by atoms with Crippen molar-refractivity contribution in [2.24, 2.45) is 10.7 Å². The third-order valence-electron chi connectivity index (χ3n) is 5.12. The van der Waals surface area contributed by atoms with Crippen molar-refractivity contribution < 1.29 is 36.9 Å². The zero-order valence-corrected chi connectivity index (χ0v) is 17.7. The van der Waals surface area contributed by atoms with Crippen molar-refractivity contribution in [3.05, 3.63) is 83.4 Å². The number of ether oxygens (including phenoxy) is 2. The molecule has 0 amide bonds. The van der Waals surface area contributed by atoms with E-state index in [1.807, 2.05) is 0 Å². The maximum atomic E-state index is 14.2. The van der Waals surface area contributed by atoms with Gasteiger partial charge in [0.25, 0.3) is 12.5 Å². The number of hydrogen-bond donors (Lipinski definition) is 2. The van der Waals surface area contributed by atoms with E-state index in [0.29, 0.717) is 11.1 Å². The molecule has 0 spiro atoms. The lowest BCUT2D eigenvalue weighted by atomic mass is 9.82. The molecule has 1 aromatic heterocycles. The second kappa shape index (κ2) is 9.77. The van der Waals surface area contributed by atoms with E-state index in [1.165, 1.54) is 25.4 Å². The highest BCUT2D eigenvalue weighted by Gasteiger charge is 2.43. The summed E-state index contributed by atoms with van der Waals surface area (Å²) in [5, 5.41) is 6.89. The number of alkyl halides is 3. The molecule has 1 aliphatic heterocycles. The summed E-state index contributed by atoms with van der Waals surface area (Å²) in [7, 11) is 1.17. The summed E-state index contributed by atoms with van der Waals surface area (Å²) < 4.78 is 65.3. The number of amidine groups is 1. The molecule has 1 unspecified atom stereocenters. The molecule has 3 aromatic rings. The predicted octanol–water partition coefficient (Wildman–Crippen LogP) is 4.20. The van der Waals surface area contributed by atoms with E-state index >= 15 is 0 Å². The summed E-state index contributed by atoms with van der Waals surface area (Å²) in [6.07, 6.45) is -3.31. The summed E-state index contributed by atoms with van der Waals surface area (Å²) in [5.41, 5.74) is 4.91. The molecule has 0 bridgehead atoms. The van der Waals surface area contributed by atoms with Gasteiger partial charge >= 0.3 is 6.18 Å². The van der Waals surface area contributed by atoms with Crippen LogP contribution in [-0.2, 0) is 21.2 Å². The number of benzene rings is 2. The second-order valence-corrected chi connectivity index (χ2v) is 7.04. The molecular formula is C23H19F4N3O4. The van der Waals surface area contributed by atoms with Crippen LogP contribution in [0.25, 0.3) is 11.1 Å². The molecule has 11 heteroatoms. The van der Waals surface area contributed by atoms with Crippen molar-refractivity contribution in [2.45, 2.75) is 11.7 Å². The average molecular weight is 477 g/mol. The van der Waals surface area contributed by atoms with Gasteiger partial charge < -0.3 is 20.3 Å². The van der Waals surface area contributed by atoms with Crippen LogP contribution in [0.2, 0.25) is 0 Å². The van der Waals surface area contributed by atoms with Gasteiger partial charge in [-0.15, -0.1) is 0 Å². The highest BCUT2D eigenvalue weighted by atomic mass is 19.4. The SMILES string of the molecule is COc1ccc(C2(c3cccc(-c4cccnc4F)c3)COC(N)=N2)cc1C(F)(F)F.O=CO. The van der Waals surface area contributed by atoms with E-state index < -0.39 is 23.2 Å². The highest BCUT2D eigenvalue weighted by Crippen LogP contribution is 2.43. The molecule has 4 rings (SSSR count). The van der Waals surface area contributed by atoms with Gasteiger partial charge in [-0.1, -0.05) is 24.3 Å². The smallest absolute Gasteiger partial charge is 0.419 e. The van der Waals surface area contributed by atoms with E-state index in [2.05, 4.69) is 9.98 Å². The van der Waals surface area contributed by atoms with E-state index in [1.54, 1.807) is 36.4 Å². The molecule has 0 fully saturated rings. The van der Waals surface area contributed by atoms with Crippen molar-refractivity contribution in [3.63, 3.8) is 0 Å². The van der Waals surface area contributed by atoms with Crippen LogP contribution in [0.15, 0.2) is 65.8 Å². The Balaban J connectivity index is 0.00000103. The van der Waals surface area contributed by atoms with E-state index in [4.69, 9.17) is 25.1 Å². The summed E-state index contributed by atoms with van der Waals surface area (Å²) in [4.78, 5) is 16.4. The Kier molecular flexibility index (Phi) is 7.04. The van der Waals surface area contributed by atoms with Crippen molar-refractivity contribution in [2.75, 3.05) is 13.7 Å². The molecule has 0 saturated heterocycles. The molecule has 0 radical (unpaired) electrons. The number of rotatable bonds is 4. The normalized spacial score (nSPS) is 17.1. The van der Waals surface area contributed by atoms with Crippen LogP contribution in [0, 0.1) is 5.95 Å². The number of nitrogens with zero attached hydrogens (tertiary/aromatic N) is 2. The van der Waals surface area contributed by atoms with Crippen molar-refractivity contribution in [3.8, 4) is 16.9 Å². The van der Waals surface area contributed by atoms with E-state index in [-0.39, 0.29) is 36.0 Å². The maximum absolute atomic E-state index is 14.2. The number of halogens is 4. The first kappa shape index (κ1) is 24.5. The van der Waals surface area contributed by atoms with Crippen LogP contribution in [0.5, 0.6) is 5.75 Å². The Morgan fingerprint density at radius 1 is 1.15 bits per heavy atom. The first-order valence-corrected chi connectivity index (χ1v) is 9.69. The molecule has 1 aliphatic rings. The molecule has 2 aromatic carbocycles. The van der Waals surface area contributed by atoms with Gasteiger partial charge in [-0.05, 0) is 47.0 Å². The molecule has 34 heavy (non-hydrogen) atoms. The van der Waals surface area contributed by atoms with Crippen molar-refractivity contribution in [1.29, 1.82) is 0 Å². The molecule has 0 aliphatic carbocycles. The summed E-state index contributed by atoms with van der Waals surface area (Å²) in [6, 6.07) is 13.4. The Hall–Kier alpha value is -4.15. The predicted molar refractivity (Wildman–Crippen MR) is 115 cm³/mol. The first-order chi connectivity index (χ1) is 16.2. The third kappa shape index (κ3) is 4.77. The Bertz CT molecular complexity index is 1220. The van der Waals surface area contributed by atoms with Gasteiger partial charge in [-0.25, -0.2) is 9.98 Å². The third-order valence-corrected chi connectivity index (χ3v) is 5.12. The fraction of sp³-hybridized carbons (Fsp3) is 0.174. The second-order valence-electron chi connectivity index (χ2n) is 7.04. The topological polar surface area (TPSA) is 107 Å². The minimum Gasteiger partial charge on any atom is -0.496 e. The Morgan fingerprint density at radius 3 is 2.44 bits per heavy atom. The number of hydrogen-bond acceptors (Lipinski definition) is 6. The minimum atomic E-state index is -4.64. The van der Waals surface area contributed by atoms with Crippen LogP contribution >= 0.6 is 0 Å². The van der Waals surface area contributed by atoms with Gasteiger partial charge in [0, 0.05) is 11.8 Å². The minimum absolute atomic E-state index is 0.110. The number of aromatic nitrogens is 1.